The highest BCUT2D eigenvalue weighted by Gasteiger charge is 2.10. The van der Waals surface area contributed by atoms with E-state index in [0.29, 0.717) is 6.42 Å². The molecule has 1 aromatic carbocycles. The zero-order chi connectivity index (χ0) is 15.5. The molecule has 0 radical (unpaired) electrons. The van der Waals surface area contributed by atoms with Crippen molar-refractivity contribution in [3.63, 3.8) is 0 Å². The van der Waals surface area contributed by atoms with Crippen molar-refractivity contribution in [1.82, 2.24) is 5.32 Å². The van der Waals surface area contributed by atoms with Gasteiger partial charge in [-0.3, -0.25) is 0 Å². The quantitative estimate of drug-likeness (QED) is 0.447. The van der Waals surface area contributed by atoms with Crippen molar-refractivity contribution >= 4 is 0 Å². The van der Waals surface area contributed by atoms with Crippen LogP contribution in [-0.4, -0.2) is 12.6 Å². The molecule has 1 aromatic rings. The molecule has 0 heterocycles. The Morgan fingerprint density at radius 1 is 1.14 bits per heavy atom. The van der Waals surface area contributed by atoms with Gasteiger partial charge in [-0.25, -0.2) is 8.78 Å². The summed E-state index contributed by atoms with van der Waals surface area (Å²) in [5.74, 6) is -0.990. The lowest BCUT2D eigenvalue weighted by atomic mass is 9.99. The molecule has 1 atom stereocenters. The van der Waals surface area contributed by atoms with Gasteiger partial charge in [0, 0.05) is 12.1 Å². The first-order chi connectivity index (χ1) is 10.2. The molecule has 0 amide bonds. The summed E-state index contributed by atoms with van der Waals surface area (Å²) < 4.78 is 26.5. The highest BCUT2D eigenvalue weighted by atomic mass is 19.1. The average Bonchev–Trinajstić information content (AvgIpc) is 2.43. The minimum Gasteiger partial charge on any atom is -0.314 e. The Bertz CT molecular complexity index is 397. The molecule has 0 spiro atoms. The van der Waals surface area contributed by atoms with Crippen LogP contribution in [0.5, 0.6) is 0 Å². The van der Waals surface area contributed by atoms with Gasteiger partial charge >= 0.3 is 0 Å². The summed E-state index contributed by atoms with van der Waals surface area (Å²) in [5, 5.41) is 3.48. The van der Waals surface area contributed by atoms with Gasteiger partial charge in [-0.05, 0) is 56.3 Å². The first-order valence-corrected chi connectivity index (χ1v) is 7.95. The van der Waals surface area contributed by atoms with Crippen molar-refractivity contribution in [2.45, 2.75) is 57.9 Å². The van der Waals surface area contributed by atoms with Crippen LogP contribution in [-0.2, 0) is 6.42 Å². The van der Waals surface area contributed by atoms with E-state index in [1.807, 2.05) is 6.08 Å². The van der Waals surface area contributed by atoms with Crippen LogP contribution >= 0.6 is 0 Å². The van der Waals surface area contributed by atoms with Gasteiger partial charge in [0.2, 0.25) is 0 Å². The Kier molecular flexibility index (Phi) is 8.91. The number of hydrogen-bond acceptors (Lipinski definition) is 1. The van der Waals surface area contributed by atoms with Crippen LogP contribution in [0.2, 0.25) is 0 Å². The third kappa shape index (κ3) is 7.96. The van der Waals surface area contributed by atoms with Gasteiger partial charge in [0.25, 0.3) is 0 Å². The topological polar surface area (TPSA) is 12.0 Å². The van der Waals surface area contributed by atoms with Crippen molar-refractivity contribution in [2.24, 2.45) is 0 Å². The van der Waals surface area contributed by atoms with Crippen molar-refractivity contribution < 1.29 is 8.78 Å². The van der Waals surface area contributed by atoms with Crippen LogP contribution in [0.3, 0.4) is 0 Å². The van der Waals surface area contributed by atoms with E-state index in [4.69, 9.17) is 0 Å². The van der Waals surface area contributed by atoms with Gasteiger partial charge in [0.15, 0.2) is 0 Å². The number of halogens is 2. The van der Waals surface area contributed by atoms with Crippen LogP contribution in [0.15, 0.2) is 30.9 Å². The fourth-order valence-corrected chi connectivity index (χ4v) is 2.49. The highest BCUT2D eigenvalue weighted by Crippen LogP contribution is 2.14. The summed E-state index contributed by atoms with van der Waals surface area (Å²) >= 11 is 0. The van der Waals surface area contributed by atoms with E-state index in [0.717, 1.165) is 43.9 Å². The van der Waals surface area contributed by atoms with E-state index in [1.165, 1.54) is 25.0 Å². The number of nitrogens with one attached hydrogen (secondary N) is 1. The number of unbranched alkanes of at least 4 members (excludes halogenated alkanes) is 3. The first-order valence-electron chi connectivity index (χ1n) is 7.95. The van der Waals surface area contributed by atoms with Crippen molar-refractivity contribution in [3.8, 4) is 0 Å². The van der Waals surface area contributed by atoms with Gasteiger partial charge in [-0.2, -0.15) is 0 Å². The molecule has 1 rings (SSSR count). The molecule has 0 bridgehead atoms. The lowest BCUT2D eigenvalue weighted by Gasteiger charge is -2.18. The summed E-state index contributed by atoms with van der Waals surface area (Å²) in [5.41, 5.74) is 0.729. The Labute approximate surface area is 127 Å². The smallest absolute Gasteiger partial charge is 0.126 e. The molecular weight excluding hydrogens is 268 g/mol. The summed E-state index contributed by atoms with van der Waals surface area (Å²) in [6.07, 6.45) is 9.25. The van der Waals surface area contributed by atoms with E-state index in [-0.39, 0.29) is 6.04 Å². The Balaban J connectivity index is 2.49. The molecule has 1 N–H and O–H groups in total. The largest absolute Gasteiger partial charge is 0.314 e. The molecule has 0 aromatic heterocycles. The average molecular weight is 295 g/mol. The first kappa shape index (κ1) is 17.8. The standard InChI is InChI=1S/C18H27F2N/c1-3-5-6-7-8-9-18(21-10-4-2)13-15-11-16(19)14-17(20)12-15/h3,11-12,14,18,21H,1,4-10,13H2,2H3. The van der Waals surface area contributed by atoms with Crippen LogP contribution in [0.25, 0.3) is 0 Å². The van der Waals surface area contributed by atoms with Crippen molar-refractivity contribution in [1.29, 1.82) is 0 Å². The maximum absolute atomic E-state index is 13.3. The van der Waals surface area contributed by atoms with Gasteiger partial charge in [0.1, 0.15) is 11.6 Å². The van der Waals surface area contributed by atoms with E-state index in [9.17, 15) is 8.78 Å². The van der Waals surface area contributed by atoms with Gasteiger partial charge in [-0.1, -0.05) is 25.8 Å². The zero-order valence-electron chi connectivity index (χ0n) is 13.0. The SMILES string of the molecule is C=CCCCCCC(Cc1cc(F)cc(F)c1)NCCC. The summed E-state index contributed by atoms with van der Waals surface area (Å²) in [7, 11) is 0. The molecule has 0 fully saturated rings. The molecule has 0 aliphatic carbocycles. The van der Waals surface area contributed by atoms with Crippen molar-refractivity contribution in [2.75, 3.05) is 6.54 Å². The van der Waals surface area contributed by atoms with Crippen LogP contribution in [0, 0.1) is 11.6 Å². The second-order valence-corrected chi connectivity index (χ2v) is 5.56. The second kappa shape index (κ2) is 10.5. The van der Waals surface area contributed by atoms with E-state index >= 15 is 0 Å². The van der Waals surface area contributed by atoms with Crippen LogP contribution in [0.1, 0.15) is 51.0 Å². The predicted octanol–water partition coefficient (Wildman–Crippen LogP) is 5.01. The van der Waals surface area contributed by atoms with E-state index < -0.39 is 11.6 Å². The number of benzene rings is 1. The number of hydrogen-bond donors (Lipinski definition) is 1. The van der Waals surface area contributed by atoms with Gasteiger partial charge in [-0.15, -0.1) is 6.58 Å². The third-order valence-electron chi connectivity index (χ3n) is 3.55. The predicted molar refractivity (Wildman–Crippen MR) is 85.4 cm³/mol. The fourth-order valence-electron chi connectivity index (χ4n) is 2.49. The molecule has 1 nitrogen and oxygen atoms in total. The van der Waals surface area contributed by atoms with E-state index in [2.05, 4.69) is 18.8 Å². The minimum absolute atomic E-state index is 0.287. The summed E-state index contributed by atoms with van der Waals surface area (Å²) in [4.78, 5) is 0. The molecule has 0 saturated carbocycles. The zero-order valence-corrected chi connectivity index (χ0v) is 13.0. The Morgan fingerprint density at radius 2 is 1.86 bits per heavy atom. The third-order valence-corrected chi connectivity index (χ3v) is 3.55. The monoisotopic (exact) mass is 295 g/mol. The molecule has 0 saturated heterocycles. The molecule has 1 unspecified atom stereocenters. The van der Waals surface area contributed by atoms with Crippen molar-refractivity contribution in [3.05, 3.63) is 48.1 Å². The lowest BCUT2D eigenvalue weighted by molar-refractivity contribution is 0.452. The fraction of sp³-hybridized carbons (Fsp3) is 0.556. The maximum atomic E-state index is 13.3. The Hall–Kier alpha value is -1.22. The maximum Gasteiger partial charge on any atom is 0.126 e. The molecule has 0 aliphatic rings. The van der Waals surface area contributed by atoms with Crippen LogP contribution < -0.4 is 5.32 Å². The molecule has 118 valence electrons. The van der Waals surface area contributed by atoms with Crippen LogP contribution in [0.4, 0.5) is 8.78 Å². The molecule has 0 aliphatic heterocycles. The van der Waals surface area contributed by atoms with Gasteiger partial charge < -0.3 is 5.32 Å². The number of allylic oxidation sites excluding steroid dienone is 1. The molecule has 21 heavy (non-hydrogen) atoms. The lowest BCUT2D eigenvalue weighted by Crippen LogP contribution is -2.31. The minimum atomic E-state index is -0.495. The summed E-state index contributed by atoms with van der Waals surface area (Å²) in [6.45, 7) is 6.78. The van der Waals surface area contributed by atoms with Gasteiger partial charge in [0.05, 0.1) is 0 Å². The normalized spacial score (nSPS) is 12.3. The molecule has 3 heteroatoms. The second-order valence-electron chi connectivity index (χ2n) is 5.56. The Morgan fingerprint density at radius 3 is 2.48 bits per heavy atom. The summed E-state index contributed by atoms with van der Waals surface area (Å²) in [6, 6.07) is 4.07. The molecular formula is C18H27F2N. The van der Waals surface area contributed by atoms with E-state index in [1.54, 1.807) is 0 Å². The number of rotatable bonds is 11. The highest BCUT2D eigenvalue weighted by molar-refractivity contribution is 5.19.